The number of rotatable bonds is 3. The van der Waals surface area contributed by atoms with E-state index in [1.54, 1.807) is 0 Å². The minimum Gasteiger partial charge on any atom is -0.507 e. The number of phenols is 1. The Bertz CT molecular complexity index is 710. The van der Waals surface area contributed by atoms with Gasteiger partial charge in [-0.15, -0.1) is 0 Å². The predicted molar refractivity (Wildman–Crippen MR) is 73.2 cm³/mol. The first-order chi connectivity index (χ1) is 9.90. The van der Waals surface area contributed by atoms with Gasteiger partial charge in [-0.3, -0.25) is 15.6 Å². The number of aromatic hydroxyl groups is 1. The van der Waals surface area contributed by atoms with E-state index in [-0.39, 0.29) is 11.3 Å². The molecule has 0 fully saturated rings. The third-order valence-electron chi connectivity index (χ3n) is 2.55. The topological polar surface area (TPSA) is 61.4 Å². The number of carbonyl (C=O) groups excluding carboxylic acids is 1. The van der Waals surface area contributed by atoms with Crippen molar-refractivity contribution < 1.29 is 23.1 Å². The van der Waals surface area contributed by atoms with E-state index in [1.165, 1.54) is 18.2 Å². The smallest absolute Gasteiger partial charge is 0.273 e. The molecule has 0 bridgehead atoms. The molecule has 0 unspecified atom stereocenters. The zero-order chi connectivity index (χ0) is 15.6. The van der Waals surface area contributed by atoms with E-state index >= 15 is 0 Å². The molecule has 2 aromatic carbocycles. The quantitative estimate of drug-likeness (QED) is 0.581. The maximum atomic E-state index is 13.4. The Morgan fingerprint density at radius 2 is 1.81 bits per heavy atom. The Morgan fingerprint density at radius 3 is 2.52 bits per heavy atom. The lowest BCUT2D eigenvalue weighted by Gasteiger charge is -2.11. The van der Waals surface area contributed by atoms with Crippen LogP contribution in [0.15, 0.2) is 34.8 Å². The average Bonchev–Trinajstić information content (AvgIpc) is 2.46. The Labute approximate surface area is 125 Å². The third kappa shape index (κ3) is 3.27. The number of amides is 1. The predicted octanol–water partition coefficient (Wildman–Crippen LogP) is 3.33. The van der Waals surface area contributed by atoms with Crippen molar-refractivity contribution >= 4 is 27.5 Å². The molecule has 0 aromatic heterocycles. The van der Waals surface area contributed by atoms with Crippen LogP contribution in [0.5, 0.6) is 5.75 Å². The van der Waals surface area contributed by atoms with E-state index in [2.05, 4.69) is 26.8 Å². The standard InChI is InChI=1S/C13H8BrF3N2O2/c14-6-1-4-10(20)7(5-6)13(21)19-18-9-3-2-8(15)11(16)12(9)17/h1-5,18,20H,(H,19,21). The molecule has 2 rings (SSSR count). The Morgan fingerprint density at radius 1 is 1.10 bits per heavy atom. The molecule has 3 N–H and O–H groups in total. The van der Waals surface area contributed by atoms with Gasteiger partial charge in [0.15, 0.2) is 17.5 Å². The van der Waals surface area contributed by atoms with Gasteiger partial charge >= 0.3 is 0 Å². The van der Waals surface area contributed by atoms with E-state index in [1.807, 2.05) is 0 Å². The van der Waals surface area contributed by atoms with Gasteiger partial charge in [0.05, 0.1) is 11.3 Å². The summed E-state index contributed by atoms with van der Waals surface area (Å²) >= 11 is 3.13. The Balaban J connectivity index is 2.15. The van der Waals surface area contributed by atoms with Crippen LogP contribution in [0, 0.1) is 17.5 Å². The van der Waals surface area contributed by atoms with Gasteiger partial charge in [-0.1, -0.05) is 15.9 Å². The molecule has 2 aromatic rings. The van der Waals surface area contributed by atoms with Crippen molar-refractivity contribution in [2.75, 3.05) is 5.43 Å². The summed E-state index contributed by atoms with van der Waals surface area (Å²) in [7, 11) is 0. The maximum absolute atomic E-state index is 13.4. The van der Waals surface area contributed by atoms with Crippen LogP contribution in [-0.4, -0.2) is 11.0 Å². The van der Waals surface area contributed by atoms with Crippen LogP contribution in [0.1, 0.15) is 10.4 Å². The highest BCUT2D eigenvalue weighted by Crippen LogP contribution is 2.22. The lowest BCUT2D eigenvalue weighted by atomic mass is 10.2. The summed E-state index contributed by atoms with van der Waals surface area (Å²) in [5.74, 6) is -5.52. The summed E-state index contributed by atoms with van der Waals surface area (Å²) in [6.45, 7) is 0. The molecular weight excluding hydrogens is 353 g/mol. The van der Waals surface area contributed by atoms with Crippen LogP contribution in [0.3, 0.4) is 0 Å². The van der Waals surface area contributed by atoms with Gasteiger partial charge in [-0.05, 0) is 30.3 Å². The van der Waals surface area contributed by atoms with Gasteiger partial charge in [0.25, 0.3) is 5.91 Å². The summed E-state index contributed by atoms with van der Waals surface area (Å²) in [4.78, 5) is 11.8. The minimum absolute atomic E-state index is 0.0835. The van der Waals surface area contributed by atoms with Crippen LogP contribution >= 0.6 is 15.9 Å². The number of anilines is 1. The number of hydrogen-bond donors (Lipinski definition) is 3. The fraction of sp³-hybridized carbons (Fsp3) is 0. The summed E-state index contributed by atoms with van der Waals surface area (Å²) in [5.41, 5.74) is 3.66. The monoisotopic (exact) mass is 360 g/mol. The van der Waals surface area contributed by atoms with Crippen LogP contribution in [0.2, 0.25) is 0 Å². The molecule has 0 atom stereocenters. The second-order valence-electron chi connectivity index (χ2n) is 3.96. The molecule has 1 amide bonds. The number of benzene rings is 2. The SMILES string of the molecule is O=C(NNc1ccc(F)c(F)c1F)c1cc(Br)ccc1O. The first-order valence-corrected chi connectivity index (χ1v) is 6.38. The molecule has 0 radical (unpaired) electrons. The normalized spacial score (nSPS) is 10.3. The fourth-order valence-electron chi connectivity index (χ4n) is 1.50. The molecule has 8 heteroatoms. The molecule has 0 spiro atoms. The number of nitrogens with one attached hydrogen (secondary N) is 2. The molecule has 0 aliphatic carbocycles. The summed E-state index contributed by atoms with van der Waals surface area (Å²) in [5, 5.41) is 9.54. The van der Waals surface area contributed by atoms with Crippen molar-refractivity contribution in [1.82, 2.24) is 5.43 Å². The summed E-state index contributed by atoms with van der Waals surface area (Å²) in [6, 6.07) is 5.79. The third-order valence-corrected chi connectivity index (χ3v) is 3.04. The molecule has 0 saturated carbocycles. The Kier molecular flexibility index (Phi) is 4.37. The lowest BCUT2D eigenvalue weighted by Crippen LogP contribution is -2.30. The van der Waals surface area contributed by atoms with Crippen molar-refractivity contribution in [3.05, 3.63) is 57.8 Å². The van der Waals surface area contributed by atoms with Crippen molar-refractivity contribution in [3.63, 3.8) is 0 Å². The van der Waals surface area contributed by atoms with E-state index in [0.717, 1.165) is 6.07 Å². The van der Waals surface area contributed by atoms with E-state index in [0.29, 0.717) is 10.5 Å². The van der Waals surface area contributed by atoms with Crippen LogP contribution in [0.4, 0.5) is 18.9 Å². The largest absolute Gasteiger partial charge is 0.507 e. The van der Waals surface area contributed by atoms with Gasteiger partial charge in [-0.2, -0.15) is 0 Å². The summed E-state index contributed by atoms with van der Waals surface area (Å²) in [6.07, 6.45) is 0. The zero-order valence-corrected chi connectivity index (χ0v) is 11.8. The lowest BCUT2D eigenvalue weighted by molar-refractivity contribution is 0.0960. The van der Waals surface area contributed by atoms with Gasteiger partial charge < -0.3 is 5.11 Å². The fourth-order valence-corrected chi connectivity index (χ4v) is 1.87. The Hall–Kier alpha value is -2.22. The maximum Gasteiger partial charge on any atom is 0.273 e. The second kappa shape index (κ2) is 6.04. The van der Waals surface area contributed by atoms with Crippen LogP contribution in [-0.2, 0) is 0 Å². The molecule has 0 aliphatic heterocycles. The minimum atomic E-state index is -1.65. The van der Waals surface area contributed by atoms with E-state index < -0.39 is 29.0 Å². The number of hydrazine groups is 1. The van der Waals surface area contributed by atoms with Gasteiger partial charge in [0.1, 0.15) is 5.75 Å². The van der Waals surface area contributed by atoms with E-state index in [9.17, 15) is 23.1 Å². The highest BCUT2D eigenvalue weighted by atomic mass is 79.9. The number of phenolic OH excluding ortho intramolecular Hbond substituents is 1. The second-order valence-corrected chi connectivity index (χ2v) is 4.88. The first kappa shape index (κ1) is 15.2. The molecule has 110 valence electrons. The first-order valence-electron chi connectivity index (χ1n) is 5.58. The number of carbonyl (C=O) groups is 1. The van der Waals surface area contributed by atoms with Gasteiger partial charge in [0, 0.05) is 4.47 Å². The molecule has 0 heterocycles. The molecule has 0 saturated heterocycles. The van der Waals surface area contributed by atoms with E-state index in [4.69, 9.17) is 0 Å². The van der Waals surface area contributed by atoms with Crippen LogP contribution < -0.4 is 10.9 Å². The van der Waals surface area contributed by atoms with Crippen LogP contribution in [0.25, 0.3) is 0 Å². The number of halogens is 4. The van der Waals surface area contributed by atoms with Crippen molar-refractivity contribution in [3.8, 4) is 5.75 Å². The molecule has 4 nitrogen and oxygen atoms in total. The molecular formula is C13H8BrF3N2O2. The van der Waals surface area contributed by atoms with Crippen molar-refractivity contribution in [1.29, 1.82) is 0 Å². The highest BCUT2D eigenvalue weighted by Gasteiger charge is 2.15. The number of hydrogen-bond acceptors (Lipinski definition) is 3. The zero-order valence-electron chi connectivity index (χ0n) is 10.3. The summed E-state index contributed by atoms with van der Waals surface area (Å²) < 4.78 is 39.7. The molecule has 0 aliphatic rings. The molecule has 21 heavy (non-hydrogen) atoms. The average molecular weight is 361 g/mol. The van der Waals surface area contributed by atoms with Crippen molar-refractivity contribution in [2.45, 2.75) is 0 Å². The highest BCUT2D eigenvalue weighted by molar-refractivity contribution is 9.10. The van der Waals surface area contributed by atoms with Gasteiger partial charge in [-0.25, -0.2) is 13.2 Å². The van der Waals surface area contributed by atoms with Crippen molar-refractivity contribution in [2.24, 2.45) is 0 Å². The van der Waals surface area contributed by atoms with Gasteiger partial charge in [0.2, 0.25) is 0 Å².